The molecule has 1 aliphatic heterocycles. The predicted octanol–water partition coefficient (Wildman–Crippen LogP) is 1.81. The second kappa shape index (κ2) is 7.86. The van der Waals surface area contributed by atoms with E-state index in [0.717, 1.165) is 37.9 Å². The first kappa shape index (κ1) is 15.6. The summed E-state index contributed by atoms with van der Waals surface area (Å²) in [6.07, 6.45) is 7.62. The molecule has 2 amide bonds. The fourth-order valence-electron chi connectivity index (χ4n) is 2.66. The van der Waals surface area contributed by atoms with Crippen molar-refractivity contribution in [1.29, 1.82) is 0 Å². The van der Waals surface area contributed by atoms with Crippen LogP contribution in [0, 0.1) is 0 Å². The third kappa shape index (κ3) is 4.62. The molecule has 1 fully saturated rings. The van der Waals surface area contributed by atoms with E-state index in [1.54, 1.807) is 0 Å². The number of carbonyl (C=O) groups is 2. The number of aromatic amines is 1. The molecule has 1 aromatic heterocycles. The van der Waals surface area contributed by atoms with Gasteiger partial charge in [0.25, 0.3) is 0 Å². The number of hydrogen-bond donors (Lipinski definition) is 1. The zero-order valence-electron chi connectivity index (χ0n) is 12.8. The summed E-state index contributed by atoms with van der Waals surface area (Å²) in [7, 11) is 0. The smallest absolute Gasteiger partial charge is 0.227 e. The molecule has 1 N–H and O–H groups in total. The Balaban J connectivity index is 1.82. The number of amides is 2. The second-order valence-electron chi connectivity index (χ2n) is 5.61. The van der Waals surface area contributed by atoms with Crippen LogP contribution in [0.4, 0.5) is 0 Å². The van der Waals surface area contributed by atoms with Crippen LogP contribution >= 0.6 is 0 Å². The molecule has 1 aliphatic rings. The molecule has 5 nitrogen and oxygen atoms in total. The topological polar surface area (TPSA) is 56.4 Å². The lowest BCUT2D eigenvalue weighted by molar-refractivity contribution is -0.133. The Labute approximate surface area is 126 Å². The minimum absolute atomic E-state index is 0.150. The van der Waals surface area contributed by atoms with E-state index < -0.39 is 0 Å². The first-order chi connectivity index (χ1) is 10.2. The van der Waals surface area contributed by atoms with Crippen LogP contribution in [-0.4, -0.2) is 52.8 Å². The maximum Gasteiger partial charge on any atom is 0.227 e. The molecule has 5 heteroatoms. The molecule has 2 rings (SSSR count). The van der Waals surface area contributed by atoms with Crippen molar-refractivity contribution in [2.45, 2.75) is 39.0 Å². The van der Waals surface area contributed by atoms with Gasteiger partial charge in [-0.2, -0.15) is 0 Å². The maximum atomic E-state index is 12.3. The zero-order valence-corrected chi connectivity index (χ0v) is 12.8. The molecule has 1 aromatic rings. The minimum atomic E-state index is 0.150. The van der Waals surface area contributed by atoms with E-state index in [-0.39, 0.29) is 11.8 Å². The molecular weight excluding hydrogens is 266 g/mol. The van der Waals surface area contributed by atoms with Gasteiger partial charge in [0, 0.05) is 45.0 Å². The van der Waals surface area contributed by atoms with Crippen LogP contribution in [0.2, 0.25) is 0 Å². The molecule has 21 heavy (non-hydrogen) atoms. The van der Waals surface area contributed by atoms with E-state index >= 15 is 0 Å². The molecule has 0 radical (unpaired) electrons. The van der Waals surface area contributed by atoms with Crippen molar-refractivity contribution in [2.75, 3.05) is 26.2 Å². The highest BCUT2D eigenvalue weighted by Crippen LogP contribution is 2.09. The standard InChI is InChI=1S/C16H25N3O2/c1-2-3-5-15(20)18-8-4-9-19(11-10-18)16(21)12-14-6-7-17-13-14/h6-7,13,17H,2-5,8-12H2,1H3. The van der Waals surface area contributed by atoms with Crippen LogP contribution < -0.4 is 0 Å². The Kier molecular flexibility index (Phi) is 5.84. The first-order valence-electron chi connectivity index (χ1n) is 7.88. The summed E-state index contributed by atoms with van der Waals surface area (Å²) >= 11 is 0. The zero-order chi connectivity index (χ0) is 15.1. The Morgan fingerprint density at radius 2 is 1.86 bits per heavy atom. The van der Waals surface area contributed by atoms with Gasteiger partial charge < -0.3 is 14.8 Å². The summed E-state index contributed by atoms with van der Waals surface area (Å²) in [5.41, 5.74) is 1.01. The van der Waals surface area contributed by atoms with Crippen LogP contribution in [0.5, 0.6) is 0 Å². The molecule has 0 saturated carbocycles. The number of carbonyl (C=O) groups excluding carboxylic acids is 2. The fourth-order valence-corrected chi connectivity index (χ4v) is 2.66. The van der Waals surface area contributed by atoms with Gasteiger partial charge in [-0.3, -0.25) is 9.59 Å². The van der Waals surface area contributed by atoms with Gasteiger partial charge >= 0.3 is 0 Å². The van der Waals surface area contributed by atoms with Crippen LogP contribution in [0.3, 0.4) is 0 Å². The van der Waals surface area contributed by atoms with Crippen LogP contribution in [-0.2, 0) is 16.0 Å². The Hall–Kier alpha value is -1.78. The lowest BCUT2D eigenvalue weighted by Gasteiger charge is -2.22. The average molecular weight is 291 g/mol. The second-order valence-corrected chi connectivity index (χ2v) is 5.61. The van der Waals surface area contributed by atoms with Crippen molar-refractivity contribution < 1.29 is 9.59 Å². The third-order valence-electron chi connectivity index (χ3n) is 3.96. The Morgan fingerprint density at radius 3 is 2.48 bits per heavy atom. The van der Waals surface area contributed by atoms with Crippen LogP contribution in [0.1, 0.15) is 38.2 Å². The van der Waals surface area contributed by atoms with Crippen molar-refractivity contribution in [3.05, 3.63) is 24.0 Å². The van der Waals surface area contributed by atoms with Gasteiger partial charge in [-0.15, -0.1) is 0 Å². The third-order valence-corrected chi connectivity index (χ3v) is 3.96. The van der Waals surface area contributed by atoms with E-state index in [4.69, 9.17) is 0 Å². The monoisotopic (exact) mass is 291 g/mol. The fraction of sp³-hybridized carbons (Fsp3) is 0.625. The van der Waals surface area contributed by atoms with E-state index in [0.29, 0.717) is 25.9 Å². The van der Waals surface area contributed by atoms with Crippen molar-refractivity contribution in [1.82, 2.24) is 14.8 Å². The van der Waals surface area contributed by atoms with Crippen LogP contribution in [0.25, 0.3) is 0 Å². The molecule has 0 spiro atoms. The number of H-pyrrole nitrogens is 1. The molecule has 116 valence electrons. The van der Waals surface area contributed by atoms with E-state index in [9.17, 15) is 9.59 Å². The van der Waals surface area contributed by atoms with Gasteiger partial charge in [0.15, 0.2) is 0 Å². The summed E-state index contributed by atoms with van der Waals surface area (Å²) in [4.78, 5) is 31.1. The highest BCUT2D eigenvalue weighted by molar-refractivity contribution is 5.79. The molecule has 0 aliphatic carbocycles. The summed E-state index contributed by atoms with van der Waals surface area (Å²) < 4.78 is 0. The SMILES string of the molecule is CCCCC(=O)N1CCCN(C(=O)Cc2cc[nH]c2)CC1. The van der Waals surface area contributed by atoms with Gasteiger partial charge in [-0.1, -0.05) is 13.3 Å². The van der Waals surface area contributed by atoms with Crippen molar-refractivity contribution >= 4 is 11.8 Å². The van der Waals surface area contributed by atoms with Gasteiger partial charge in [-0.25, -0.2) is 0 Å². The molecule has 0 bridgehead atoms. The quantitative estimate of drug-likeness (QED) is 0.899. The number of unbranched alkanes of at least 4 members (excludes halogenated alkanes) is 1. The predicted molar refractivity (Wildman–Crippen MR) is 81.8 cm³/mol. The number of aromatic nitrogens is 1. The lowest BCUT2D eigenvalue weighted by atomic mass is 10.2. The van der Waals surface area contributed by atoms with Crippen molar-refractivity contribution in [2.24, 2.45) is 0 Å². The molecule has 0 unspecified atom stereocenters. The largest absolute Gasteiger partial charge is 0.367 e. The highest BCUT2D eigenvalue weighted by atomic mass is 16.2. The molecule has 0 atom stereocenters. The normalized spacial score (nSPS) is 15.9. The van der Waals surface area contributed by atoms with Crippen molar-refractivity contribution in [3.8, 4) is 0 Å². The van der Waals surface area contributed by atoms with Gasteiger partial charge in [-0.05, 0) is 24.5 Å². The number of nitrogens with one attached hydrogen (secondary N) is 1. The van der Waals surface area contributed by atoms with Gasteiger partial charge in [0.05, 0.1) is 6.42 Å². The van der Waals surface area contributed by atoms with Gasteiger partial charge in [0.1, 0.15) is 0 Å². The van der Waals surface area contributed by atoms with Gasteiger partial charge in [0.2, 0.25) is 11.8 Å². The van der Waals surface area contributed by atoms with Crippen molar-refractivity contribution in [3.63, 3.8) is 0 Å². The lowest BCUT2D eigenvalue weighted by Crippen LogP contribution is -2.37. The molecular formula is C16H25N3O2. The molecule has 0 aromatic carbocycles. The number of nitrogens with zero attached hydrogens (tertiary/aromatic N) is 2. The molecule has 1 saturated heterocycles. The first-order valence-corrected chi connectivity index (χ1v) is 7.88. The summed E-state index contributed by atoms with van der Waals surface area (Å²) in [6.45, 7) is 4.94. The van der Waals surface area contributed by atoms with E-state index in [1.807, 2.05) is 28.3 Å². The van der Waals surface area contributed by atoms with E-state index in [1.165, 1.54) is 0 Å². The summed E-state index contributed by atoms with van der Waals surface area (Å²) in [6, 6.07) is 1.93. The summed E-state index contributed by atoms with van der Waals surface area (Å²) in [5.74, 6) is 0.384. The number of hydrogen-bond acceptors (Lipinski definition) is 2. The van der Waals surface area contributed by atoms with Crippen LogP contribution in [0.15, 0.2) is 18.5 Å². The Morgan fingerprint density at radius 1 is 1.14 bits per heavy atom. The van der Waals surface area contributed by atoms with E-state index in [2.05, 4.69) is 11.9 Å². The molecule has 2 heterocycles. The number of rotatable bonds is 5. The maximum absolute atomic E-state index is 12.3. The average Bonchev–Trinajstić information content (AvgIpc) is 2.86. The summed E-state index contributed by atoms with van der Waals surface area (Å²) in [5, 5.41) is 0. The highest BCUT2D eigenvalue weighted by Gasteiger charge is 2.21. The minimum Gasteiger partial charge on any atom is -0.367 e. The Bertz CT molecular complexity index is 456.